The van der Waals surface area contributed by atoms with Crippen molar-refractivity contribution in [3.05, 3.63) is 48.2 Å². The molecule has 1 aromatic carbocycles. The van der Waals surface area contributed by atoms with Crippen molar-refractivity contribution in [3.8, 4) is 5.88 Å². The summed E-state index contributed by atoms with van der Waals surface area (Å²) in [5, 5.41) is 0. The van der Waals surface area contributed by atoms with E-state index in [-0.39, 0.29) is 0 Å². The van der Waals surface area contributed by atoms with Gasteiger partial charge in [0.15, 0.2) is 0 Å². The minimum Gasteiger partial charge on any atom is -0.481 e. The van der Waals surface area contributed by atoms with Gasteiger partial charge in [0.1, 0.15) is 0 Å². The molecule has 0 radical (unpaired) electrons. The molecule has 3 aliphatic rings. The Morgan fingerprint density at radius 2 is 1.96 bits per heavy atom. The molecule has 2 aromatic heterocycles. The molecule has 6 nitrogen and oxygen atoms in total. The Morgan fingerprint density at radius 1 is 1.15 bits per heavy atom. The van der Waals surface area contributed by atoms with Gasteiger partial charge in [-0.2, -0.15) is 0 Å². The second-order valence-corrected chi connectivity index (χ2v) is 7.29. The zero-order valence-electron chi connectivity index (χ0n) is 15.2. The number of anilines is 1. The van der Waals surface area contributed by atoms with Crippen molar-refractivity contribution in [2.24, 2.45) is 7.05 Å². The highest BCUT2D eigenvalue weighted by Gasteiger charge is 2.45. The SMILES string of the molecule is COc1cc(CN2C3CC2CN(c2nc4ccccc4n2C)C3)ccn1. The molecule has 0 aliphatic carbocycles. The van der Waals surface area contributed by atoms with Gasteiger partial charge in [0.05, 0.1) is 18.1 Å². The molecule has 0 spiro atoms. The van der Waals surface area contributed by atoms with Crippen molar-refractivity contribution in [2.45, 2.75) is 25.0 Å². The second kappa shape index (κ2) is 5.99. The van der Waals surface area contributed by atoms with Crippen LogP contribution >= 0.6 is 0 Å². The lowest BCUT2D eigenvalue weighted by atomic mass is 9.87. The highest BCUT2D eigenvalue weighted by molar-refractivity contribution is 5.78. The molecule has 2 atom stereocenters. The number of hydrogen-bond acceptors (Lipinski definition) is 5. The van der Waals surface area contributed by atoms with Gasteiger partial charge < -0.3 is 14.2 Å². The number of para-hydroxylation sites is 2. The van der Waals surface area contributed by atoms with Crippen LogP contribution in [-0.2, 0) is 13.6 Å². The molecular formula is C20H23N5O. The Morgan fingerprint density at radius 3 is 2.73 bits per heavy atom. The van der Waals surface area contributed by atoms with Gasteiger partial charge in [0.2, 0.25) is 11.8 Å². The Bertz CT molecular complexity index is 940. The van der Waals surface area contributed by atoms with Crippen LogP contribution in [0.2, 0.25) is 0 Å². The van der Waals surface area contributed by atoms with Gasteiger partial charge in [-0.1, -0.05) is 12.1 Å². The number of ether oxygens (including phenoxy) is 1. The van der Waals surface area contributed by atoms with E-state index in [4.69, 9.17) is 9.72 Å². The standard InChI is InChI=1S/C20H23N5O/c1-23-18-6-4-3-5-17(18)22-20(23)24-12-15-10-16(13-24)25(15)11-14-7-8-21-19(9-14)26-2/h3-9,15-16H,10-13H2,1-2H3. The molecule has 3 aliphatic heterocycles. The lowest BCUT2D eigenvalue weighted by molar-refractivity contribution is -0.00913. The van der Waals surface area contributed by atoms with E-state index in [1.54, 1.807) is 7.11 Å². The average Bonchev–Trinajstić information content (AvgIpc) is 3.03. The van der Waals surface area contributed by atoms with Crippen LogP contribution in [0.25, 0.3) is 11.0 Å². The van der Waals surface area contributed by atoms with Gasteiger partial charge in [-0.05, 0) is 30.2 Å². The molecule has 2 unspecified atom stereocenters. The maximum atomic E-state index is 5.25. The van der Waals surface area contributed by atoms with Crippen LogP contribution in [0.1, 0.15) is 12.0 Å². The van der Waals surface area contributed by atoms with Crippen molar-refractivity contribution in [1.82, 2.24) is 19.4 Å². The smallest absolute Gasteiger partial charge is 0.213 e. The van der Waals surface area contributed by atoms with E-state index in [9.17, 15) is 0 Å². The third-order valence-corrected chi connectivity index (χ3v) is 5.76. The first-order valence-corrected chi connectivity index (χ1v) is 9.14. The van der Waals surface area contributed by atoms with Gasteiger partial charge in [0.25, 0.3) is 0 Å². The number of aromatic nitrogens is 3. The van der Waals surface area contributed by atoms with Gasteiger partial charge in [-0.25, -0.2) is 9.97 Å². The summed E-state index contributed by atoms with van der Waals surface area (Å²) in [5.41, 5.74) is 3.54. The first-order chi connectivity index (χ1) is 12.7. The summed E-state index contributed by atoms with van der Waals surface area (Å²) >= 11 is 0. The number of piperidine rings is 1. The molecule has 0 amide bonds. The van der Waals surface area contributed by atoms with Crippen LogP contribution in [-0.4, -0.2) is 51.7 Å². The van der Waals surface area contributed by atoms with Crippen molar-refractivity contribution < 1.29 is 4.74 Å². The molecule has 6 heteroatoms. The number of benzene rings is 1. The Balaban J connectivity index is 1.33. The quantitative estimate of drug-likeness (QED) is 0.724. The molecule has 26 heavy (non-hydrogen) atoms. The lowest BCUT2D eigenvalue weighted by Gasteiger charge is -2.56. The monoisotopic (exact) mass is 349 g/mol. The number of pyridine rings is 1. The van der Waals surface area contributed by atoms with Crippen LogP contribution in [0, 0.1) is 0 Å². The molecule has 134 valence electrons. The minimum absolute atomic E-state index is 0.590. The van der Waals surface area contributed by atoms with Gasteiger partial charge >= 0.3 is 0 Å². The predicted molar refractivity (Wildman–Crippen MR) is 101 cm³/mol. The topological polar surface area (TPSA) is 46.4 Å². The lowest BCUT2D eigenvalue weighted by Crippen LogP contribution is -2.68. The maximum Gasteiger partial charge on any atom is 0.213 e. The molecule has 3 fully saturated rings. The van der Waals surface area contributed by atoms with E-state index < -0.39 is 0 Å². The summed E-state index contributed by atoms with van der Waals surface area (Å²) in [4.78, 5) is 14.1. The molecule has 0 N–H and O–H groups in total. The van der Waals surface area contributed by atoms with Crippen LogP contribution in [0.4, 0.5) is 5.95 Å². The normalized spacial score (nSPS) is 22.5. The fourth-order valence-corrected chi connectivity index (χ4v) is 4.40. The molecule has 0 saturated carbocycles. The summed E-state index contributed by atoms with van der Waals surface area (Å²) in [6, 6.07) is 13.7. The molecule has 2 bridgehead atoms. The van der Waals surface area contributed by atoms with E-state index in [0.29, 0.717) is 18.0 Å². The minimum atomic E-state index is 0.590. The van der Waals surface area contributed by atoms with Crippen LogP contribution in [0.15, 0.2) is 42.6 Å². The number of rotatable bonds is 4. The Kier molecular flexibility index (Phi) is 3.60. The third kappa shape index (κ3) is 2.44. The van der Waals surface area contributed by atoms with Crippen molar-refractivity contribution >= 4 is 17.0 Å². The number of fused-ring (bicyclic) bond motifs is 3. The maximum absolute atomic E-state index is 5.25. The van der Waals surface area contributed by atoms with Crippen LogP contribution in [0.3, 0.4) is 0 Å². The van der Waals surface area contributed by atoms with Gasteiger partial charge in [-0.3, -0.25) is 4.90 Å². The van der Waals surface area contributed by atoms with Gasteiger partial charge in [-0.15, -0.1) is 0 Å². The molecule has 3 aromatic rings. The molecule has 5 heterocycles. The summed E-state index contributed by atoms with van der Waals surface area (Å²) in [5.74, 6) is 1.78. The summed E-state index contributed by atoms with van der Waals surface area (Å²) in [6.45, 7) is 3.04. The average molecular weight is 349 g/mol. The highest BCUT2D eigenvalue weighted by atomic mass is 16.5. The summed E-state index contributed by atoms with van der Waals surface area (Å²) in [6.07, 6.45) is 3.11. The molecule has 3 saturated heterocycles. The zero-order chi connectivity index (χ0) is 17.7. The summed E-state index contributed by atoms with van der Waals surface area (Å²) in [7, 11) is 3.78. The highest BCUT2D eigenvalue weighted by Crippen LogP contribution is 2.36. The second-order valence-electron chi connectivity index (χ2n) is 7.29. The number of hydrogen-bond donors (Lipinski definition) is 0. The largest absolute Gasteiger partial charge is 0.481 e. The van der Waals surface area contributed by atoms with E-state index >= 15 is 0 Å². The Labute approximate surface area is 153 Å². The molecular weight excluding hydrogens is 326 g/mol. The van der Waals surface area contributed by atoms with Crippen molar-refractivity contribution in [1.29, 1.82) is 0 Å². The molecule has 6 rings (SSSR count). The number of aryl methyl sites for hydroxylation is 1. The third-order valence-electron chi connectivity index (χ3n) is 5.76. The van der Waals surface area contributed by atoms with Crippen LogP contribution in [0.5, 0.6) is 5.88 Å². The fourth-order valence-electron chi connectivity index (χ4n) is 4.40. The predicted octanol–water partition coefficient (Wildman–Crippen LogP) is 2.44. The van der Waals surface area contributed by atoms with Crippen molar-refractivity contribution in [2.75, 3.05) is 25.1 Å². The Hall–Kier alpha value is -2.60. The first-order valence-electron chi connectivity index (χ1n) is 9.14. The number of piperazine rings is 1. The van der Waals surface area contributed by atoms with Crippen LogP contribution < -0.4 is 9.64 Å². The summed E-state index contributed by atoms with van der Waals surface area (Å²) < 4.78 is 7.47. The van der Waals surface area contributed by atoms with Crippen molar-refractivity contribution in [3.63, 3.8) is 0 Å². The zero-order valence-corrected chi connectivity index (χ0v) is 15.2. The van der Waals surface area contributed by atoms with E-state index in [1.807, 2.05) is 12.3 Å². The number of methoxy groups -OCH3 is 1. The number of nitrogens with zero attached hydrogens (tertiary/aromatic N) is 5. The van der Waals surface area contributed by atoms with E-state index in [1.165, 1.54) is 17.5 Å². The number of imidazole rings is 1. The first kappa shape index (κ1) is 15.6. The van der Waals surface area contributed by atoms with E-state index in [2.05, 4.69) is 56.7 Å². The fraction of sp³-hybridized carbons (Fsp3) is 0.400. The van der Waals surface area contributed by atoms with E-state index in [0.717, 1.165) is 31.1 Å². The van der Waals surface area contributed by atoms with Gasteiger partial charge in [0, 0.05) is 51.0 Å².